The molecule has 110 valence electrons. The molecule has 0 aromatic carbocycles. The predicted octanol–water partition coefficient (Wildman–Crippen LogP) is 1.76. The van der Waals surface area contributed by atoms with Crippen LogP contribution in [-0.4, -0.2) is 40.8 Å². The van der Waals surface area contributed by atoms with Crippen LogP contribution in [0.2, 0.25) is 0 Å². The normalized spacial score (nSPS) is 20.1. The van der Waals surface area contributed by atoms with Gasteiger partial charge in [-0.05, 0) is 38.5 Å². The Morgan fingerprint density at radius 2 is 2.10 bits per heavy atom. The quantitative estimate of drug-likeness (QED) is 0.768. The smallest absolute Gasteiger partial charge is 0.360 e. The summed E-state index contributed by atoms with van der Waals surface area (Å²) in [5, 5.41) is 8.27. The maximum Gasteiger partial charge on any atom is 0.360 e. The van der Waals surface area contributed by atoms with Crippen molar-refractivity contribution in [2.75, 3.05) is 19.8 Å². The van der Waals surface area contributed by atoms with Crippen LogP contribution < -0.4 is 0 Å². The number of esters is 1. The minimum Gasteiger partial charge on any atom is -0.461 e. The predicted molar refractivity (Wildman–Crippen MR) is 71.5 cm³/mol. The summed E-state index contributed by atoms with van der Waals surface area (Å²) in [6, 6.07) is 0. The SMILES string of the molecule is CCOC(=O)c1nnn(CC2CCOCC2)c1C1CC1. The number of ether oxygens (including phenoxy) is 2. The Bertz CT molecular complexity index is 476. The van der Waals surface area contributed by atoms with Crippen molar-refractivity contribution in [3.05, 3.63) is 11.4 Å². The summed E-state index contributed by atoms with van der Waals surface area (Å²) in [7, 11) is 0. The third-order valence-corrected chi connectivity index (χ3v) is 3.98. The molecule has 2 aliphatic rings. The van der Waals surface area contributed by atoms with Gasteiger partial charge in [-0.3, -0.25) is 0 Å². The molecule has 0 bridgehead atoms. The Morgan fingerprint density at radius 3 is 2.75 bits per heavy atom. The first kappa shape index (κ1) is 13.5. The molecule has 0 unspecified atom stereocenters. The summed E-state index contributed by atoms with van der Waals surface area (Å²) < 4.78 is 12.4. The number of aromatic nitrogens is 3. The van der Waals surface area contributed by atoms with Crippen LogP contribution in [0.5, 0.6) is 0 Å². The molecule has 2 heterocycles. The van der Waals surface area contributed by atoms with Crippen LogP contribution in [0.15, 0.2) is 0 Å². The molecule has 1 aliphatic carbocycles. The highest BCUT2D eigenvalue weighted by Gasteiger charge is 2.34. The highest BCUT2D eigenvalue weighted by Crippen LogP contribution is 2.41. The Labute approximate surface area is 118 Å². The third-order valence-electron chi connectivity index (χ3n) is 3.98. The molecule has 1 aliphatic heterocycles. The molecule has 6 heteroatoms. The summed E-state index contributed by atoms with van der Waals surface area (Å²) in [4.78, 5) is 11.9. The fraction of sp³-hybridized carbons (Fsp3) is 0.786. The lowest BCUT2D eigenvalue weighted by molar-refractivity contribution is 0.0516. The number of carbonyl (C=O) groups excluding carboxylic acids is 1. The molecule has 6 nitrogen and oxygen atoms in total. The fourth-order valence-electron chi connectivity index (χ4n) is 2.73. The highest BCUT2D eigenvalue weighted by atomic mass is 16.5. The van der Waals surface area contributed by atoms with Gasteiger partial charge in [-0.1, -0.05) is 5.21 Å². The van der Waals surface area contributed by atoms with Crippen molar-refractivity contribution >= 4 is 5.97 Å². The van der Waals surface area contributed by atoms with E-state index in [0.29, 0.717) is 24.1 Å². The van der Waals surface area contributed by atoms with Gasteiger partial charge in [-0.2, -0.15) is 0 Å². The van der Waals surface area contributed by atoms with Crippen molar-refractivity contribution in [2.45, 2.75) is 45.1 Å². The molecule has 1 saturated carbocycles. The zero-order valence-electron chi connectivity index (χ0n) is 11.9. The van der Waals surface area contributed by atoms with Crippen molar-refractivity contribution in [3.8, 4) is 0 Å². The average molecular weight is 279 g/mol. The number of rotatable bonds is 5. The van der Waals surface area contributed by atoms with E-state index >= 15 is 0 Å². The van der Waals surface area contributed by atoms with Crippen molar-refractivity contribution in [3.63, 3.8) is 0 Å². The molecule has 0 radical (unpaired) electrons. The second-order valence-electron chi connectivity index (χ2n) is 5.56. The summed E-state index contributed by atoms with van der Waals surface area (Å²) >= 11 is 0. The molecule has 3 rings (SSSR count). The maximum absolute atomic E-state index is 11.9. The van der Waals surface area contributed by atoms with Gasteiger partial charge in [0.1, 0.15) is 0 Å². The van der Waals surface area contributed by atoms with E-state index in [1.807, 2.05) is 4.68 Å². The lowest BCUT2D eigenvalue weighted by Crippen LogP contribution is -2.22. The maximum atomic E-state index is 11.9. The fourth-order valence-corrected chi connectivity index (χ4v) is 2.73. The van der Waals surface area contributed by atoms with Crippen molar-refractivity contribution < 1.29 is 14.3 Å². The lowest BCUT2D eigenvalue weighted by Gasteiger charge is -2.22. The summed E-state index contributed by atoms with van der Waals surface area (Å²) in [6.07, 6.45) is 4.35. The van der Waals surface area contributed by atoms with E-state index in [4.69, 9.17) is 9.47 Å². The molecule has 2 fully saturated rings. The number of carbonyl (C=O) groups is 1. The minimum atomic E-state index is -0.340. The van der Waals surface area contributed by atoms with E-state index in [9.17, 15) is 4.79 Å². The molecule has 1 saturated heterocycles. The number of hydrogen-bond donors (Lipinski definition) is 0. The summed E-state index contributed by atoms with van der Waals surface area (Å²) in [5.74, 6) is 0.662. The molecular formula is C14H21N3O3. The molecule has 0 N–H and O–H groups in total. The van der Waals surface area contributed by atoms with E-state index < -0.39 is 0 Å². The Morgan fingerprint density at radius 1 is 1.35 bits per heavy atom. The van der Waals surface area contributed by atoms with Crippen LogP contribution in [0.1, 0.15) is 54.7 Å². The molecule has 0 spiro atoms. The molecular weight excluding hydrogens is 258 g/mol. The Hall–Kier alpha value is -1.43. The van der Waals surface area contributed by atoms with Crippen molar-refractivity contribution in [2.24, 2.45) is 5.92 Å². The van der Waals surface area contributed by atoms with Gasteiger partial charge in [-0.25, -0.2) is 9.48 Å². The van der Waals surface area contributed by atoms with Gasteiger partial charge in [-0.15, -0.1) is 5.10 Å². The highest BCUT2D eigenvalue weighted by molar-refractivity contribution is 5.88. The standard InChI is InChI=1S/C14H21N3O3/c1-2-20-14(18)12-13(11-3-4-11)17(16-15-12)9-10-5-7-19-8-6-10/h10-11H,2-9H2,1H3. The monoisotopic (exact) mass is 279 g/mol. The second kappa shape index (κ2) is 5.91. The largest absolute Gasteiger partial charge is 0.461 e. The lowest BCUT2D eigenvalue weighted by atomic mass is 10.0. The number of hydrogen-bond acceptors (Lipinski definition) is 5. The van der Waals surface area contributed by atoms with E-state index in [-0.39, 0.29) is 5.97 Å². The zero-order valence-corrected chi connectivity index (χ0v) is 11.9. The van der Waals surface area contributed by atoms with Crippen LogP contribution in [0.3, 0.4) is 0 Å². The number of nitrogens with zero attached hydrogens (tertiary/aromatic N) is 3. The molecule has 20 heavy (non-hydrogen) atoms. The van der Waals surface area contributed by atoms with Gasteiger partial charge in [0.15, 0.2) is 5.69 Å². The van der Waals surface area contributed by atoms with E-state index in [1.165, 1.54) is 0 Å². The molecule has 1 aromatic heterocycles. The van der Waals surface area contributed by atoms with Gasteiger partial charge < -0.3 is 9.47 Å². The Kier molecular flexibility index (Phi) is 4.00. The molecule has 1 aromatic rings. The van der Waals surface area contributed by atoms with E-state index in [0.717, 1.165) is 51.1 Å². The van der Waals surface area contributed by atoms with Crippen molar-refractivity contribution in [1.29, 1.82) is 0 Å². The topological polar surface area (TPSA) is 66.2 Å². The van der Waals surface area contributed by atoms with Crippen LogP contribution in [0, 0.1) is 5.92 Å². The first-order valence-corrected chi connectivity index (χ1v) is 7.47. The van der Waals surface area contributed by atoms with Crippen LogP contribution in [-0.2, 0) is 16.0 Å². The third kappa shape index (κ3) is 2.85. The average Bonchev–Trinajstić information content (AvgIpc) is 3.21. The van der Waals surface area contributed by atoms with E-state index in [1.54, 1.807) is 6.92 Å². The van der Waals surface area contributed by atoms with Crippen LogP contribution in [0.25, 0.3) is 0 Å². The van der Waals surface area contributed by atoms with Gasteiger partial charge in [0.25, 0.3) is 0 Å². The van der Waals surface area contributed by atoms with Gasteiger partial charge in [0.05, 0.1) is 12.3 Å². The molecule has 0 amide bonds. The van der Waals surface area contributed by atoms with Gasteiger partial charge in [0, 0.05) is 25.7 Å². The summed E-state index contributed by atoms with van der Waals surface area (Å²) in [5.41, 5.74) is 1.40. The first-order chi connectivity index (χ1) is 9.79. The van der Waals surface area contributed by atoms with Gasteiger partial charge in [0.2, 0.25) is 0 Å². The van der Waals surface area contributed by atoms with E-state index in [2.05, 4.69) is 10.3 Å². The second-order valence-corrected chi connectivity index (χ2v) is 5.56. The van der Waals surface area contributed by atoms with Gasteiger partial charge >= 0.3 is 5.97 Å². The Balaban J connectivity index is 1.78. The van der Waals surface area contributed by atoms with Crippen LogP contribution in [0.4, 0.5) is 0 Å². The van der Waals surface area contributed by atoms with Crippen molar-refractivity contribution in [1.82, 2.24) is 15.0 Å². The van der Waals surface area contributed by atoms with Crippen LogP contribution >= 0.6 is 0 Å². The summed E-state index contributed by atoms with van der Waals surface area (Å²) in [6.45, 7) is 4.66. The zero-order chi connectivity index (χ0) is 13.9. The first-order valence-electron chi connectivity index (χ1n) is 7.47. The minimum absolute atomic E-state index is 0.340. The molecule has 0 atom stereocenters.